The van der Waals surface area contributed by atoms with Crippen molar-refractivity contribution in [1.82, 2.24) is 15.4 Å². The smallest absolute Gasteiger partial charge is 0.273 e. The molecule has 0 bridgehead atoms. The summed E-state index contributed by atoms with van der Waals surface area (Å²) in [5.74, 6) is -1.47. The Bertz CT molecular complexity index is 2080. The van der Waals surface area contributed by atoms with Crippen LogP contribution in [0.5, 0.6) is 11.5 Å². The summed E-state index contributed by atoms with van der Waals surface area (Å²) in [5, 5.41) is 13.7. The highest BCUT2D eigenvalue weighted by atomic mass is 35.5. The van der Waals surface area contributed by atoms with Crippen LogP contribution >= 0.6 is 34.7 Å². The van der Waals surface area contributed by atoms with Gasteiger partial charge in [0.15, 0.2) is 5.13 Å². The predicted molar refractivity (Wildman–Crippen MR) is 176 cm³/mol. The minimum Gasteiger partial charge on any atom is -0.508 e. The number of hydrazine groups is 1. The highest BCUT2D eigenvalue weighted by Gasteiger charge is 2.35. The number of phenolic OH excluding ortho intramolecular Hbond substituents is 1. The average molecular weight is 700 g/mol. The Hall–Kier alpha value is -4.57. The number of carbonyl (C=O) groups is 2. The second kappa shape index (κ2) is 12.7. The maximum Gasteiger partial charge on any atom is 0.273 e. The molecule has 1 saturated heterocycles. The molecule has 1 atom stereocenters. The van der Waals surface area contributed by atoms with Crippen molar-refractivity contribution in [3.05, 3.63) is 101 Å². The van der Waals surface area contributed by atoms with Crippen LogP contribution in [0.15, 0.2) is 83.8 Å². The van der Waals surface area contributed by atoms with Gasteiger partial charge < -0.3 is 15.2 Å². The van der Waals surface area contributed by atoms with Crippen molar-refractivity contribution in [2.45, 2.75) is 10.3 Å². The summed E-state index contributed by atoms with van der Waals surface area (Å²) in [5.41, 5.74) is 4.14. The number of halogens is 2. The van der Waals surface area contributed by atoms with E-state index in [1.54, 1.807) is 36.4 Å². The minimum atomic E-state index is -4.30. The van der Waals surface area contributed by atoms with Gasteiger partial charge in [0.1, 0.15) is 22.7 Å². The van der Waals surface area contributed by atoms with Gasteiger partial charge in [-0.05, 0) is 72.3 Å². The Morgan fingerprint density at radius 3 is 2.54 bits per heavy atom. The van der Waals surface area contributed by atoms with E-state index in [0.717, 1.165) is 22.4 Å². The van der Waals surface area contributed by atoms with Crippen LogP contribution in [0.1, 0.15) is 21.3 Å². The second-order valence-corrected chi connectivity index (χ2v) is 14.0. The lowest BCUT2D eigenvalue weighted by atomic mass is 10.2. The molecule has 0 saturated carbocycles. The quantitative estimate of drug-likeness (QED) is 0.140. The van der Waals surface area contributed by atoms with E-state index < -0.39 is 27.1 Å². The number of thiazole rings is 1. The fourth-order valence-electron chi connectivity index (χ4n) is 4.61. The van der Waals surface area contributed by atoms with Crippen molar-refractivity contribution >= 4 is 83.3 Å². The number of ether oxygens (including phenoxy) is 1. The van der Waals surface area contributed by atoms with E-state index >= 15 is 0 Å². The van der Waals surface area contributed by atoms with E-state index in [2.05, 4.69) is 20.4 Å². The fourth-order valence-corrected chi connectivity index (χ4v) is 8.06. The number of sulfonamides is 1. The second-order valence-electron chi connectivity index (χ2n) is 9.85. The molecule has 1 fully saturated rings. The molecule has 2 heterocycles. The number of rotatable bonds is 9. The summed E-state index contributed by atoms with van der Waals surface area (Å²) in [6.07, 6.45) is 0. The first-order chi connectivity index (χ1) is 22.0. The zero-order chi connectivity index (χ0) is 32.6. The number of aromatic nitrogens is 1. The maximum absolute atomic E-state index is 14.9. The number of hydrogen-bond acceptors (Lipinski definition) is 10. The predicted octanol–water partition coefficient (Wildman–Crippen LogP) is 6.27. The van der Waals surface area contributed by atoms with Crippen molar-refractivity contribution in [3.63, 3.8) is 0 Å². The Kier molecular flexibility index (Phi) is 8.65. The number of nitrogens with one attached hydrogen (secondary N) is 3. The van der Waals surface area contributed by atoms with Gasteiger partial charge in [-0.25, -0.2) is 22.8 Å². The summed E-state index contributed by atoms with van der Waals surface area (Å²) in [7, 11) is -2.98. The van der Waals surface area contributed by atoms with Gasteiger partial charge in [-0.3, -0.25) is 19.7 Å². The Morgan fingerprint density at radius 2 is 1.83 bits per heavy atom. The summed E-state index contributed by atoms with van der Waals surface area (Å²) in [4.78, 5) is 30.2. The number of phenols is 1. The number of thioether (sulfide) groups is 1. The third kappa shape index (κ3) is 6.39. The van der Waals surface area contributed by atoms with Gasteiger partial charge in [0.2, 0.25) is 0 Å². The first-order valence-corrected chi connectivity index (χ1v) is 17.1. The fraction of sp³-hybridized carbons (Fsp3) is 0.100. The molecule has 236 valence electrons. The number of carbonyl (C=O) groups excluding carboxylic acids is 2. The van der Waals surface area contributed by atoms with Crippen LogP contribution in [-0.4, -0.2) is 48.2 Å². The third-order valence-corrected chi connectivity index (χ3v) is 10.8. The molecule has 0 aliphatic carbocycles. The zero-order valence-electron chi connectivity index (χ0n) is 23.7. The molecule has 4 aromatic carbocycles. The first-order valence-electron chi connectivity index (χ1n) is 13.4. The van der Waals surface area contributed by atoms with Crippen LogP contribution in [-0.2, 0) is 14.8 Å². The van der Waals surface area contributed by atoms with Crippen LogP contribution in [0.3, 0.4) is 0 Å². The third-order valence-electron chi connectivity index (χ3n) is 6.84. The molecule has 6 rings (SSSR count). The van der Waals surface area contributed by atoms with E-state index in [9.17, 15) is 27.5 Å². The lowest BCUT2D eigenvalue weighted by Gasteiger charge is -2.25. The van der Waals surface area contributed by atoms with E-state index in [1.807, 2.05) is 0 Å². The topological polar surface area (TPSA) is 150 Å². The SMILES string of the molecule is COc1ccc(S(=O)(=O)Nc2nc3ccc(F)c(Nc4ccc(Cl)cc4)c3s2)cc1C(=O)NN1C(=O)CSC1c1ccc(O)cc1. The minimum absolute atomic E-state index is 0.0296. The van der Waals surface area contributed by atoms with Crippen molar-refractivity contribution in [3.8, 4) is 11.5 Å². The largest absolute Gasteiger partial charge is 0.508 e. The van der Waals surface area contributed by atoms with Crippen molar-refractivity contribution < 1.29 is 32.2 Å². The van der Waals surface area contributed by atoms with Crippen molar-refractivity contribution in [2.24, 2.45) is 0 Å². The van der Waals surface area contributed by atoms with Gasteiger partial charge in [0.25, 0.3) is 21.8 Å². The molecule has 4 N–H and O–H groups in total. The molecule has 16 heteroatoms. The summed E-state index contributed by atoms with van der Waals surface area (Å²) in [6, 6.07) is 19.2. The maximum atomic E-state index is 14.9. The van der Waals surface area contributed by atoms with Crippen LogP contribution in [0.25, 0.3) is 10.2 Å². The summed E-state index contributed by atoms with van der Waals surface area (Å²) in [6.45, 7) is 0. The summed E-state index contributed by atoms with van der Waals surface area (Å²) < 4.78 is 49.9. The van der Waals surface area contributed by atoms with E-state index in [1.165, 1.54) is 55.3 Å². The lowest BCUT2D eigenvalue weighted by Crippen LogP contribution is -2.44. The molecule has 1 unspecified atom stereocenters. The number of nitrogens with zero attached hydrogens (tertiary/aromatic N) is 2. The van der Waals surface area contributed by atoms with Crippen LogP contribution in [0, 0.1) is 5.82 Å². The van der Waals surface area contributed by atoms with E-state index in [4.69, 9.17) is 16.3 Å². The van der Waals surface area contributed by atoms with Crippen LogP contribution in [0.4, 0.5) is 20.9 Å². The highest BCUT2D eigenvalue weighted by Crippen LogP contribution is 2.39. The Balaban J connectivity index is 1.26. The Labute approximate surface area is 275 Å². The average Bonchev–Trinajstić information content (AvgIpc) is 3.61. The van der Waals surface area contributed by atoms with Crippen LogP contribution < -0.4 is 20.2 Å². The number of fused-ring (bicyclic) bond motifs is 1. The number of aromatic hydroxyl groups is 1. The molecule has 1 aliphatic heterocycles. The number of anilines is 3. The lowest BCUT2D eigenvalue weighted by molar-refractivity contribution is -0.130. The van der Waals surface area contributed by atoms with Gasteiger partial charge in [0.05, 0.1) is 39.2 Å². The van der Waals surface area contributed by atoms with E-state index in [-0.39, 0.29) is 44.4 Å². The molecular formula is C30H23ClFN5O6S3. The normalized spacial score (nSPS) is 14.8. The highest BCUT2D eigenvalue weighted by molar-refractivity contribution is 8.00. The molecule has 0 radical (unpaired) electrons. The van der Waals surface area contributed by atoms with E-state index in [0.29, 0.717) is 26.5 Å². The summed E-state index contributed by atoms with van der Waals surface area (Å²) >= 11 is 8.16. The number of amides is 2. The van der Waals surface area contributed by atoms with Crippen molar-refractivity contribution in [2.75, 3.05) is 22.9 Å². The number of methoxy groups -OCH3 is 1. The number of benzene rings is 4. The van der Waals surface area contributed by atoms with Gasteiger partial charge in [-0.2, -0.15) is 0 Å². The van der Waals surface area contributed by atoms with Gasteiger partial charge >= 0.3 is 0 Å². The molecule has 2 amide bonds. The Morgan fingerprint density at radius 1 is 1.09 bits per heavy atom. The molecular weight excluding hydrogens is 677 g/mol. The molecule has 0 spiro atoms. The first kappa shape index (κ1) is 31.4. The molecule has 1 aromatic heterocycles. The van der Waals surface area contributed by atoms with Gasteiger partial charge in [-0.1, -0.05) is 35.1 Å². The van der Waals surface area contributed by atoms with Gasteiger partial charge in [0, 0.05) is 10.7 Å². The molecule has 5 aromatic rings. The molecule has 1 aliphatic rings. The van der Waals surface area contributed by atoms with Crippen LogP contribution in [0.2, 0.25) is 5.02 Å². The standard InChI is InChI=1S/C30H23ClFN5O6S3/c1-43-24-13-10-20(14-21(24)28(40)35-37-25(39)15-44-29(37)16-2-8-19(38)9-3-16)46(41,42)36-30-34-23-12-11-22(32)26(27(23)45-30)33-18-6-4-17(31)5-7-18/h2-14,29,33,38H,15H2,1H3,(H,34,36)(H,35,40). The molecule has 11 nitrogen and oxygen atoms in total. The monoisotopic (exact) mass is 699 g/mol. The zero-order valence-corrected chi connectivity index (χ0v) is 26.9. The molecule has 46 heavy (non-hydrogen) atoms. The number of hydrogen-bond donors (Lipinski definition) is 4. The van der Waals surface area contributed by atoms with Crippen molar-refractivity contribution in [1.29, 1.82) is 0 Å². The van der Waals surface area contributed by atoms with Gasteiger partial charge in [-0.15, -0.1) is 11.8 Å².